The van der Waals surface area contributed by atoms with E-state index in [0.717, 1.165) is 24.2 Å². The Morgan fingerprint density at radius 2 is 1.89 bits per heavy atom. The summed E-state index contributed by atoms with van der Waals surface area (Å²) in [6.07, 6.45) is 3.61. The van der Waals surface area contributed by atoms with Gasteiger partial charge >= 0.3 is 0 Å². The van der Waals surface area contributed by atoms with Crippen molar-refractivity contribution < 1.29 is 19.2 Å². The fraction of sp³-hybridized carbons (Fsp3) is 0.190. The molecule has 0 spiro atoms. The fourth-order valence-corrected chi connectivity index (χ4v) is 3.01. The Balaban J connectivity index is 1.66. The first kappa shape index (κ1) is 19.1. The zero-order valence-electron chi connectivity index (χ0n) is 15.0. The maximum atomic E-state index is 13.8. The molecule has 3 rings (SSSR count). The van der Waals surface area contributed by atoms with E-state index in [2.05, 4.69) is 10.3 Å². The molecule has 0 bridgehead atoms. The van der Waals surface area contributed by atoms with Gasteiger partial charge in [-0.3, -0.25) is 4.98 Å². The van der Waals surface area contributed by atoms with E-state index in [9.17, 15) is 4.39 Å². The molecule has 27 heavy (non-hydrogen) atoms. The van der Waals surface area contributed by atoms with Crippen molar-refractivity contribution in [3.63, 3.8) is 0 Å². The highest BCUT2D eigenvalue weighted by molar-refractivity contribution is 6.32. The Kier molecular flexibility index (Phi) is 6.63. The number of nitrogens with two attached hydrogens (primary N) is 1. The second-order valence-electron chi connectivity index (χ2n) is 6.05. The first-order chi connectivity index (χ1) is 13.2. The van der Waals surface area contributed by atoms with Crippen molar-refractivity contribution >= 4 is 11.6 Å². The Bertz CT molecular complexity index is 891. The lowest BCUT2D eigenvalue weighted by Crippen LogP contribution is -2.80. The Morgan fingerprint density at radius 3 is 2.63 bits per heavy atom. The number of benzene rings is 2. The third-order valence-corrected chi connectivity index (χ3v) is 4.38. The zero-order valence-corrected chi connectivity index (χ0v) is 15.7. The molecule has 0 radical (unpaired) electrons. The predicted octanol–water partition coefficient (Wildman–Crippen LogP) is 3.73. The molecule has 0 atom stereocenters. The number of ether oxygens (including phenoxy) is 2. The van der Waals surface area contributed by atoms with Crippen LogP contribution in [0.15, 0.2) is 60.9 Å². The van der Waals surface area contributed by atoms with Gasteiger partial charge in [-0.15, -0.1) is 0 Å². The smallest absolute Gasteiger partial charge is 0.180 e. The summed E-state index contributed by atoms with van der Waals surface area (Å²) >= 11 is 6.39. The molecule has 0 aliphatic rings. The first-order valence-electron chi connectivity index (χ1n) is 8.60. The average molecular weight is 388 g/mol. The first-order valence-corrected chi connectivity index (χ1v) is 8.98. The van der Waals surface area contributed by atoms with Crippen LogP contribution in [-0.4, -0.2) is 12.1 Å². The number of hydrogen-bond acceptors (Lipinski definition) is 3. The number of halogens is 2. The van der Waals surface area contributed by atoms with Crippen molar-refractivity contribution in [2.75, 3.05) is 7.11 Å². The second-order valence-corrected chi connectivity index (χ2v) is 6.45. The van der Waals surface area contributed by atoms with Crippen LogP contribution in [0, 0.1) is 5.82 Å². The summed E-state index contributed by atoms with van der Waals surface area (Å²) in [6.45, 7) is 1.63. The van der Waals surface area contributed by atoms with E-state index < -0.39 is 0 Å². The van der Waals surface area contributed by atoms with Gasteiger partial charge in [0.25, 0.3) is 0 Å². The van der Waals surface area contributed by atoms with E-state index in [1.165, 1.54) is 6.07 Å². The molecule has 0 unspecified atom stereocenters. The van der Waals surface area contributed by atoms with E-state index in [1.54, 1.807) is 31.5 Å². The number of aromatic nitrogens is 1. The number of pyridine rings is 1. The molecule has 1 heterocycles. The van der Waals surface area contributed by atoms with Gasteiger partial charge in [0.1, 0.15) is 25.5 Å². The molecule has 2 aromatic carbocycles. The standard InChI is InChI=1S/C21H20ClFN2O2/c1-26-20-10-16(13-25-12-15-5-4-8-24-11-15)9-18(22)21(20)27-14-17-6-2-3-7-19(17)23/h2-11,25H,12-14H2,1H3/p+1. The molecule has 3 aromatic rings. The van der Waals surface area contributed by atoms with Crippen LogP contribution in [0.4, 0.5) is 4.39 Å². The lowest BCUT2D eigenvalue weighted by molar-refractivity contribution is -0.686. The molecule has 140 valence electrons. The number of hydrogen-bond donors (Lipinski definition) is 1. The van der Waals surface area contributed by atoms with Crippen LogP contribution >= 0.6 is 11.6 Å². The van der Waals surface area contributed by atoms with Gasteiger partial charge in [0, 0.05) is 29.1 Å². The quantitative estimate of drug-likeness (QED) is 0.640. The molecule has 0 amide bonds. The van der Waals surface area contributed by atoms with Crippen LogP contribution in [-0.2, 0) is 19.7 Å². The minimum atomic E-state index is -0.311. The number of nitrogens with zero attached hydrogens (tertiary/aromatic N) is 1. The van der Waals surface area contributed by atoms with E-state index in [0.29, 0.717) is 22.1 Å². The molecular formula is C21H21ClFN2O2+. The molecule has 1 aromatic heterocycles. The molecule has 2 N–H and O–H groups in total. The van der Waals surface area contributed by atoms with Crippen LogP contribution in [0.2, 0.25) is 5.02 Å². The third-order valence-electron chi connectivity index (χ3n) is 4.10. The van der Waals surface area contributed by atoms with E-state index in [4.69, 9.17) is 21.1 Å². The highest BCUT2D eigenvalue weighted by atomic mass is 35.5. The number of rotatable bonds is 8. The van der Waals surface area contributed by atoms with Gasteiger partial charge in [0.2, 0.25) is 0 Å². The van der Waals surface area contributed by atoms with Gasteiger partial charge in [-0.1, -0.05) is 35.9 Å². The summed E-state index contributed by atoms with van der Waals surface area (Å²) in [5.41, 5.74) is 2.63. The maximum Gasteiger partial charge on any atom is 0.180 e. The molecule has 0 aliphatic heterocycles. The van der Waals surface area contributed by atoms with E-state index in [-0.39, 0.29) is 12.4 Å². The van der Waals surface area contributed by atoms with Crippen molar-refractivity contribution in [2.24, 2.45) is 0 Å². The molecule has 0 saturated heterocycles. The van der Waals surface area contributed by atoms with Crippen LogP contribution in [0.1, 0.15) is 16.7 Å². The van der Waals surface area contributed by atoms with Crippen LogP contribution < -0.4 is 14.8 Å². The van der Waals surface area contributed by atoms with Crippen LogP contribution in [0.5, 0.6) is 11.5 Å². The van der Waals surface area contributed by atoms with E-state index >= 15 is 0 Å². The molecule has 6 heteroatoms. The normalized spacial score (nSPS) is 10.6. The van der Waals surface area contributed by atoms with Crippen molar-refractivity contribution in [1.29, 1.82) is 0 Å². The summed E-state index contributed by atoms with van der Waals surface area (Å²) in [4.78, 5) is 4.11. The van der Waals surface area contributed by atoms with Crippen molar-refractivity contribution in [1.82, 2.24) is 4.98 Å². The molecule has 0 saturated carbocycles. The Labute approximate surface area is 162 Å². The molecule has 0 fully saturated rings. The van der Waals surface area contributed by atoms with Gasteiger partial charge in [-0.05, 0) is 24.3 Å². The number of quaternary nitrogens is 1. The summed E-state index contributed by atoms with van der Waals surface area (Å²) in [5, 5.41) is 2.60. The monoisotopic (exact) mass is 387 g/mol. The minimum absolute atomic E-state index is 0.0786. The average Bonchev–Trinajstić information content (AvgIpc) is 2.69. The SMILES string of the molecule is COc1cc(C[NH2+]Cc2cccnc2)cc(Cl)c1OCc1ccccc1F. The van der Waals surface area contributed by atoms with Crippen LogP contribution in [0.3, 0.4) is 0 Å². The van der Waals surface area contributed by atoms with Gasteiger partial charge in [0.05, 0.1) is 12.1 Å². The Morgan fingerprint density at radius 1 is 1.07 bits per heavy atom. The predicted molar refractivity (Wildman–Crippen MR) is 102 cm³/mol. The molecule has 0 aliphatic carbocycles. The fourth-order valence-electron chi connectivity index (χ4n) is 2.72. The third kappa shape index (κ3) is 5.18. The summed E-state index contributed by atoms with van der Waals surface area (Å²) in [7, 11) is 1.56. The molecular weight excluding hydrogens is 367 g/mol. The minimum Gasteiger partial charge on any atom is -0.493 e. The second kappa shape index (κ2) is 9.35. The topological polar surface area (TPSA) is 48.0 Å². The van der Waals surface area contributed by atoms with Gasteiger partial charge in [-0.2, -0.15) is 0 Å². The van der Waals surface area contributed by atoms with Crippen LogP contribution in [0.25, 0.3) is 0 Å². The lowest BCUT2D eigenvalue weighted by Gasteiger charge is -2.14. The van der Waals surface area contributed by atoms with Crippen molar-refractivity contribution in [3.05, 3.63) is 88.5 Å². The van der Waals surface area contributed by atoms with Crippen molar-refractivity contribution in [3.8, 4) is 11.5 Å². The highest BCUT2D eigenvalue weighted by Gasteiger charge is 2.14. The van der Waals surface area contributed by atoms with Gasteiger partial charge in [0.15, 0.2) is 11.5 Å². The Hall–Kier alpha value is -2.63. The highest BCUT2D eigenvalue weighted by Crippen LogP contribution is 2.36. The largest absolute Gasteiger partial charge is 0.493 e. The summed E-state index contributed by atoms with van der Waals surface area (Å²) in [6, 6.07) is 14.2. The number of methoxy groups -OCH3 is 1. The maximum absolute atomic E-state index is 13.8. The van der Waals surface area contributed by atoms with Gasteiger partial charge < -0.3 is 14.8 Å². The van der Waals surface area contributed by atoms with E-state index in [1.807, 2.05) is 30.5 Å². The van der Waals surface area contributed by atoms with Crippen molar-refractivity contribution in [2.45, 2.75) is 19.7 Å². The molecule has 4 nitrogen and oxygen atoms in total. The van der Waals surface area contributed by atoms with Gasteiger partial charge in [-0.25, -0.2) is 4.39 Å². The summed E-state index contributed by atoms with van der Waals surface area (Å²) in [5.74, 6) is 0.635. The zero-order chi connectivity index (χ0) is 19.1. The summed E-state index contributed by atoms with van der Waals surface area (Å²) < 4.78 is 24.9. The lowest BCUT2D eigenvalue weighted by atomic mass is 10.2.